The molecule has 0 saturated heterocycles. The number of hydrogen-bond acceptors (Lipinski definition) is 2. The first-order valence-corrected chi connectivity index (χ1v) is 7.79. The van der Waals surface area contributed by atoms with Crippen LogP contribution in [0, 0.1) is 0 Å². The summed E-state index contributed by atoms with van der Waals surface area (Å²) in [4.78, 5) is 0. The third-order valence-electron chi connectivity index (χ3n) is 2.98. The molecule has 1 saturated carbocycles. The maximum atomic E-state index is 5.97. The van der Waals surface area contributed by atoms with Gasteiger partial charge in [0.1, 0.15) is 0 Å². The van der Waals surface area contributed by atoms with Crippen LogP contribution in [-0.2, 0) is 25.1 Å². The van der Waals surface area contributed by atoms with Crippen LogP contribution < -0.4 is 0 Å². The van der Waals surface area contributed by atoms with Crippen LogP contribution in [-0.4, -0.2) is 10.9 Å². The van der Waals surface area contributed by atoms with Crippen molar-refractivity contribution < 1.29 is 4.18 Å². The zero-order chi connectivity index (χ0) is 10.6. The minimum atomic E-state index is -0.242. The van der Waals surface area contributed by atoms with Crippen molar-refractivity contribution >= 4 is 20.9 Å². The molecule has 1 nitrogen and oxygen atoms in total. The Hall–Kier alpha value is 0.530. The predicted octanol–water partition coefficient (Wildman–Crippen LogP) is 3.52. The van der Waals surface area contributed by atoms with Gasteiger partial charge >= 0.3 is 0 Å². The van der Waals surface area contributed by atoms with Crippen LogP contribution in [0.25, 0.3) is 0 Å². The van der Waals surface area contributed by atoms with E-state index in [1.165, 1.54) is 32.1 Å². The van der Waals surface area contributed by atoms with Gasteiger partial charge in [-0.15, -0.1) is 0 Å². The highest BCUT2D eigenvalue weighted by Crippen LogP contribution is 2.26. The largest absolute Gasteiger partial charge is 0.306 e. The molecule has 1 unspecified atom stereocenters. The molecule has 0 aromatic rings. The third-order valence-corrected chi connectivity index (χ3v) is 5.64. The van der Waals surface area contributed by atoms with Gasteiger partial charge in [-0.05, 0) is 44.3 Å². The molecule has 1 aliphatic rings. The topological polar surface area (TPSA) is 9.23 Å². The van der Waals surface area contributed by atoms with Crippen molar-refractivity contribution in [2.75, 3.05) is 0 Å². The summed E-state index contributed by atoms with van der Waals surface area (Å²) < 4.78 is 5.97. The Labute approximate surface area is 95.4 Å². The summed E-state index contributed by atoms with van der Waals surface area (Å²) in [6.07, 6.45) is 7.69. The Kier molecular flexibility index (Phi) is 5.01. The summed E-state index contributed by atoms with van der Waals surface area (Å²) >= 11 is 5.48. The molecule has 0 bridgehead atoms. The van der Waals surface area contributed by atoms with Crippen molar-refractivity contribution in [1.29, 1.82) is 0 Å². The van der Waals surface area contributed by atoms with Gasteiger partial charge in [-0.1, -0.05) is 26.2 Å². The van der Waals surface area contributed by atoms with Crippen molar-refractivity contribution in [3.05, 3.63) is 0 Å². The van der Waals surface area contributed by atoms with Gasteiger partial charge in [0.05, 0.1) is 5.60 Å². The van der Waals surface area contributed by atoms with Crippen molar-refractivity contribution in [3.63, 3.8) is 0 Å². The van der Waals surface area contributed by atoms with Gasteiger partial charge in [-0.25, -0.2) is 0 Å². The lowest BCUT2D eigenvalue weighted by atomic mass is 10.0. The second-order valence-electron chi connectivity index (χ2n) is 4.72. The van der Waals surface area contributed by atoms with Crippen LogP contribution >= 0.6 is 0 Å². The summed E-state index contributed by atoms with van der Waals surface area (Å²) in [5.41, 5.74) is -0.0255. The van der Waals surface area contributed by atoms with E-state index in [0.717, 1.165) is 6.42 Å². The number of hydrogen-bond donors (Lipinski definition) is 0. The lowest BCUT2D eigenvalue weighted by molar-refractivity contribution is 0.130. The molecule has 0 heterocycles. The van der Waals surface area contributed by atoms with E-state index in [9.17, 15) is 0 Å². The molecule has 1 aliphatic carbocycles. The van der Waals surface area contributed by atoms with Gasteiger partial charge in [0, 0.05) is 15.0 Å². The highest BCUT2D eigenvalue weighted by Gasteiger charge is 2.23. The number of rotatable bonds is 4. The van der Waals surface area contributed by atoms with E-state index in [-0.39, 0.29) is 15.3 Å². The molecule has 0 N–H and O–H groups in total. The SMILES string of the molecule is CCC(C)(C)OS(=S)C1CCCCC1. The van der Waals surface area contributed by atoms with Crippen LogP contribution in [0.2, 0.25) is 0 Å². The monoisotopic (exact) mass is 234 g/mol. The fourth-order valence-electron chi connectivity index (χ4n) is 1.61. The van der Waals surface area contributed by atoms with Crippen LogP contribution in [0.4, 0.5) is 0 Å². The van der Waals surface area contributed by atoms with Crippen molar-refractivity contribution in [2.45, 2.75) is 70.1 Å². The molecule has 1 atom stereocenters. The van der Waals surface area contributed by atoms with Crippen LogP contribution in [0.5, 0.6) is 0 Å². The average Bonchev–Trinajstić information content (AvgIpc) is 2.19. The fourth-order valence-corrected chi connectivity index (χ4v) is 4.15. The molecular formula is C11H22OS2. The molecule has 0 aliphatic heterocycles. The first-order chi connectivity index (χ1) is 6.55. The Balaban J connectivity index is 2.40. The molecule has 1 fully saturated rings. The van der Waals surface area contributed by atoms with Gasteiger partial charge in [0.2, 0.25) is 0 Å². The van der Waals surface area contributed by atoms with Crippen molar-refractivity contribution in [2.24, 2.45) is 0 Å². The zero-order valence-corrected chi connectivity index (χ0v) is 11.2. The lowest BCUT2D eigenvalue weighted by Crippen LogP contribution is -2.29. The van der Waals surface area contributed by atoms with E-state index >= 15 is 0 Å². The summed E-state index contributed by atoms with van der Waals surface area (Å²) in [5.74, 6) is 0. The molecule has 84 valence electrons. The second-order valence-corrected chi connectivity index (χ2v) is 7.06. The molecule has 0 spiro atoms. The highest BCUT2D eigenvalue weighted by atomic mass is 32.8. The molecule has 3 heteroatoms. The van der Waals surface area contributed by atoms with Gasteiger partial charge in [-0.3, -0.25) is 0 Å². The maximum absolute atomic E-state index is 5.97. The Morgan fingerprint density at radius 3 is 2.36 bits per heavy atom. The molecule has 0 radical (unpaired) electrons. The van der Waals surface area contributed by atoms with Gasteiger partial charge < -0.3 is 4.18 Å². The third kappa shape index (κ3) is 3.95. The lowest BCUT2D eigenvalue weighted by Gasteiger charge is -2.29. The molecule has 0 aromatic heterocycles. The van der Waals surface area contributed by atoms with Crippen molar-refractivity contribution in [1.82, 2.24) is 0 Å². The summed E-state index contributed by atoms with van der Waals surface area (Å²) in [5, 5.41) is 0.657. The van der Waals surface area contributed by atoms with E-state index in [1.807, 2.05) is 0 Å². The fraction of sp³-hybridized carbons (Fsp3) is 1.00. The van der Waals surface area contributed by atoms with Gasteiger partial charge in [-0.2, -0.15) is 0 Å². The van der Waals surface area contributed by atoms with E-state index in [2.05, 4.69) is 20.8 Å². The average molecular weight is 234 g/mol. The Morgan fingerprint density at radius 1 is 1.29 bits per heavy atom. The second kappa shape index (κ2) is 5.57. The Morgan fingerprint density at radius 2 is 1.86 bits per heavy atom. The summed E-state index contributed by atoms with van der Waals surface area (Å²) in [6.45, 7) is 6.44. The summed E-state index contributed by atoms with van der Waals surface area (Å²) in [6, 6.07) is 0. The normalized spacial score (nSPS) is 22.2. The highest BCUT2D eigenvalue weighted by molar-refractivity contribution is 8.26. The standard InChI is InChI=1S/C11H22OS2/c1-4-11(2,3)12-14(13)10-8-6-5-7-9-10/h10H,4-9H2,1-3H3. The van der Waals surface area contributed by atoms with E-state index in [0.29, 0.717) is 5.25 Å². The quantitative estimate of drug-likeness (QED) is 0.736. The Bertz CT molecular complexity index is 195. The molecule has 0 aromatic carbocycles. The van der Waals surface area contributed by atoms with E-state index in [1.54, 1.807) is 0 Å². The molecule has 14 heavy (non-hydrogen) atoms. The first kappa shape index (κ1) is 12.6. The molecular weight excluding hydrogens is 212 g/mol. The van der Waals surface area contributed by atoms with Crippen molar-refractivity contribution in [3.8, 4) is 0 Å². The smallest absolute Gasteiger partial charge is 0.0773 e. The maximum Gasteiger partial charge on any atom is 0.0773 e. The first-order valence-electron chi connectivity index (χ1n) is 5.65. The molecule has 0 amide bonds. The van der Waals surface area contributed by atoms with Crippen LogP contribution in [0.15, 0.2) is 0 Å². The van der Waals surface area contributed by atoms with Crippen LogP contribution in [0.1, 0.15) is 59.3 Å². The van der Waals surface area contributed by atoms with Gasteiger partial charge in [0.25, 0.3) is 0 Å². The van der Waals surface area contributed by atoms with Gasteiger partial charge in [0.15, 0.2) is 0 Å². The molecule has 1 rings (SSSR count). The minimum absolute atomic E-state index is 0.0255. The van der Waals surface area contributed by atoms with Crippen LogP contribution in [0.3, 0.4) is 0 Å². The van der Waals surface area contributed by atoms with E-state index in [4.69, 9.17) is 15.4 Å². The minimum Gasteiger partial charge on any atom is -0.306 e. The summed E-state index contributed by atoms with van der Waals surface area (Å²) in [7, 11) is -0.242. The van der Waals surface area contributed by atoms with E-state index < -0.39 is 0 Å². The predicted molar refractivity (Wildman–Crippen MR) is 67.1 cm³/mol. The zero-order valence-electron chi connectivity index (χ0n) is 9.54.